The van der Waals surface area contributed by atoms with Crippen molar-refractivity contribution in [3.05, 3.63) is 95.7 Å². The van der Waals surface area contributed by atoms with E-state index in [9.17, 15) is 10.1 Å². The second-order valence-electron chi connectivity index (χ2n) is 6.11. The Morgan fingerprint density at radius 2 is 1.81 bits per heavy atom. The highest BCUT2D eigenvalue weighted by Gasteiger charge is 2.12. The van der Waals surface area contributed by atoms with Crippen molar-refractivity contribution in [2.45, 2.75) is 0 Å². The fourth-order valence-corrected chi connectivity index (χ4v) is 3.87. The molecule has 4 rings (SSSR count). The molecule has 0 amide bonds. The largest absolute Gasteiger partial charge is 0.433 e. The maximum absolute atomic E-state index is 10.8. The van der Waals surface area contributed by atoms with E-state index in [1.165, 1.54) is 29.7 Å². The van der Waals surface area contributed by atoms with Crippen molar-refractivity contribution in [3.8, 4) is 11.3 Å². The van der Waals surface area contributed by atoms with Crippen molar-refractivity contribution in [2.75, 3.05) is 0 Å². The summed E-state index contributed by atoms with van der Waals surface area (Å²) in [5.74, 6) is -0.136. The van der Waals surface area contributed by atoms with Crippen molar-refractivity contribution >= 4 is 63.9 Å². The van der Waals surface area contributed by atoms with Gasteiger partial charge in [-0.05, 0) is 36.4 Å². The molecule has 0 bridgehead atoms. The van der Waals surface area contributed by atoms with Crippen LogP contribution in [0.3, 0.4) is 0 Å². The molecule has 156 valence electrons. The number of nitro groups is 1. The van der Waals surface area contributed by atoms with Gasteiger partial charge in [-0.2, -0.15) is 5.10 Å². The van der Waals surface area contributed by atoms with Crippen LogP contribution in [0.4, 0.5) is 11.6 Å². The highest BCUT2D eigenvalue weighted by Crippen LogP contribution is 2.27. The Bertz CT molecular complexity index is 1360. The Hall–Kier alpha value is -2.91. The van der Waals surface area contributed by atoms with Crippen molar-refractivity contribution in [2.24, 2.45) is 10.1 Å². The molecule has 0 saturated heterocycles. The Balaban J connectivity index is 1.82. The third-order valence-corrected chi connectivity index (χ3v) is 5.85. The summed E-state index contributed by atoms with van der Waals surface area (Å²) in [7, 11) is 0. The second kappa shape index (κ2) is 9.07. The van der Waals surface area contributed by atoms with Gasteiger partial charge in [0, 0.05) is 16.0 Å². The topological polar surface area (TPSA) is 85.9 Å². The van der Waals surface area contributed by atoms with Crippen LogP contribution in [0.1, 0.15) is 5.76 Å². The molecule has 2 heterocycles. The number of rotatable bonds is 5. The molecule has 31 heavy (non-hydrogen) atoms. The molecule has 0 saturated carbocycles. The summed E-state index contributed by atoms with van der Waals surface area (Å²) in [6.07, 6.45) is 1.38. The summed E-state index contributed by atoms with van der Waals surface area (Å²) >= 11 is 19.4. The predicted octanol–water partition coefficient (Wildman–Crippen LogP) is 6.79. The van der Waals surface area contributed by atoms with Crippen LogP contribution in [-0.4, -0.2) is 15.8 Å². The molecule has 0 radical (unpaired) electrons. The minimum atomic E-state index is -0.612. The first-order valence-corrected chi connectivity index (χ1v) is 10.7. The normalized spacial score (nSPS) is 12.0. The van der Waals surface area contributed by atoms with Crippen molar-refractivity contribution < 1.29 is 9.34 Å². The predicted molar refractivity (Wildman–Crippen MR) is 123 cm³/mol. The third kappa shape index (κ3) is 4.88. The molecule has 11 heteroatoms. The summed E-state index contributed by atoms with van der Waals surface area (Å²) < 4.78 is 6.76. The van der Waals surface area contributed by atoms with E-state index in [2.05, 4.69) is 10.1 Å². The van der Waals surface area contributed by atoms with Crippen molar-refractivity contribution in [3.63, 3.8) is 0 Å². The van der Waals surface area contributed by atoms with E-state index >= 15 is 0 Å². The van der Waals surface area contributed by atoms with E-state index in [1.54, 1.807) is 35.0 Å². The molecule has 4 aromatic rings. The van der Waals surface area contributed by atoms with Crippen molar-refractivity contribution in [1.82, 2.24) is 4.68 Å². The number of hydrogen-bond acceptors (Lipinski definition) is 6. The van der Waals surface area contributed by atoms with Gasteiger partial charge < -0.3 is 4.42 Å². The first kappa shape index (κ1) is 21.3. The fraction of sp³-hybridized carbons (Fsp3) is 0. The van der Waals surface area contributed by atoms with Crippen LogP contribution in [-0.2, 0) is 0 Å². The van der Waals surface area contributed by atoms with Crippen LogP contribution < -0.4 is 4.80 Å². The molecule has 7 nitrogen and oxygen atoms in total. The van der Waals surface area contributed by atoms with Gasteiger partial charge >= 0.3 is 5.88 Å². The van der Waals surface area contributed by atoms with Crippen molar-refractivity contribution in [1.29, 1.82) is 0 Å². The molecule has 0 unspecified atom stereocenters. The minimum absolute atomic E-state index is 0.230. The summed E-state index contributed by atoms with van der Waals surface area (Å²) in [5, 5.41) is 18.6. The number of furan rings is 1. The molecular formula is C20H11Cl3N4O3S. The van der Waals surface area contributed by atoms with E-state index in [0.29, 0.717) is 25.6 Å². The first-order valence-electron chi connectivity index (χ1n) is 8.65. The maximum Gasteiger partial charge on any atom is 0.433 e. The van der Waals surface area contributed by atoms with Gasteiger partial charge in [-0.25, -0.2) is 9.67 Å². The molecule has 0 fully saturated rings. The van der Waals surface area contributed by atoms with Crippen LogP contribution in [0.5, 0.6) is 0 Å². The van der Waals surface area contributed by atoms with Crippen LogP contribution >= 0.6 is 46.1 Å². The van der Waals surface area contributed by atoms with Crippen LogP contribution in [0.15, 0.2) is 74.5 Å². The van der Waals surface area contributed by atoms with E-state index in [1.807, 2.05) is 17.5 Å². The Morgan fingerprint density at radius 1 is 1.03 bits per heavy atom. The molecule has 0 atom stereocenters. The second-order valence-corrected chi connectivity index (χ2v) is 8.20. The molecule has 0 aliphatic heterocycles. The quantitative estimate of drug-likeness (QED) is 0.174. The molecule has 0 N–H and O–H groups in total. The number of halogens is 3. The lowest BCUT2D eigenvalue weighted by Gasteiger charge is -2.04. The Labute approximate surface area is 194 Å². The van der Waals surface area contributed by atoms with Gasteiger partial charge in [-0.15, -0.1) is 11.3 Å². The highest BCUT2D eigenvalue weighted by molar-refractivity contribution is 7.07. The number of thiazole rings is 1. The number of nitrogens with zero attached hydrogens (tertiary/aromatic N) is 4. The van der Waals surface area contributed by atoms with Crippen LogP contribution in [0.25, 0.3) is 11.3 Å². The smallest absolute Gasteiger partial charge is 0.400 e. The van der Waals surface area contributed by atoms with Gasteiger partial charge in [0.1, 0.15) is 4.92 Å². The van der Waals surface area contributed by atoms with Crippen LogP contribution in [0.2, 0.25) is 15.1 Å². The lowest BCUT2D eigenvalue weighted by molar-refractivity contribution is -0.402. The number of hydrogen-bond donors (Lipinski definition) is 0. The minimum Gasteiger partial charge on any atom is -0.400 e. The highest BCUT2D eigenvalue weighted by atomic mass is 35.5. The van der Waals surface area contributed by atoms with E-state index in [0.717, 1.165) is 11.3 Å². The monoisotopic (exact) mass is 492 g/mol. The summed E-state index contributed by atoms with van der Waals surface area (Å²) in [6.45, 7) is 0. The zero-order valence-corrected chi connectivity index (χ0v) is 18.5. The molecule has 0 aliphatic carbocycles. The first-order chi connectivity index (χ1) is 14.9. The number of aromatic nitrogens is 1. The van der Waals surface area contributed by atoms with E-state index in [-0.39, 0.29) is 11.6 Å². The zero-order valence-electron chi connectivity index (χ0n) is 15.4. The summed E-state index contributed by atoms with van der Waals surface area (Å²) in [5.41, 5.74) is 2.20. The molecule has 0 spiro atoms. The van der Waals surface area contributed by atoms with Gasteiger partial charge in [0.15, 0.2) is 5.76 Å². The Kier molecular flexibility index (Phi) is 6.24. The van der Waals surface area contributed by atoms with Gasteiger partial charge in [0.2, 0.25) is 4.80 Å². The molecule has 0 aliphatic rings. The standard InChI is InChI=1S/C20H11Cl3N4O3S/c21-13-3-1-12(2-4-13)18-11-31-20(25-14-5-7-16(22)17(23)9-14)26(18)24-10-15-6-8-19(30-15)27(28)29/h1-11H. The third-order valence-electron chi connectivity index (χ3n) is 4.05. The maximum atomic E-state index is 10.8. The van der Waals surface area contributed by atoms with E-state index in [4.69, 9.17) is 39.2 Å². The molecule has 2 aromatic heterocycles. The fourth-order valence-electron chi connectivity index (χ4n) is 2.60. The average molecular weight is 494 g/mol. The molecular weight excluding hydrogens is 483 g/mol. The number of benzene rings is 2. The summed E-state index contributed by atoms with van der Waals surface area (Å²) in [6, 6.07) is 15.0. The van der Waals surface area contributed by atoms with Gasteiger partial charge in [0.05, 0.1) is 33.7 Å². The van der Waals surface area contributed by atoms with Crippen LogP contribution in [0, 0.1) is 10.1 Å². The van der Waals surface area contributed by atoms with Gasteiger partial charge in [-0.1, -0.05) is 46.9 Å². The zero-order chi connectivity index (χ0) is 22.0. The van der Waals surface area contributed by atoms with Gasteiger partial charge in [-0.3, -0.25) is 10.1 Å². The average Bonchev–Trinajstić information content (AvgIpc) is 3.37. The Morgan fingerprint density at radius 3 is 2.48 bits per heavy atom. The van der Waals surface area contributed by atoms with E-state index < -0.39 is 4.92 Å². The summed E-state index contributed by atoms with van der Waals surface area (Å²) in [4.78, 5) is 15.4. The van der Waals surface area contributed by atoms with Gasteiger partial charge in [0.25, 0.3) is 0 Å². The SMILES string of the molecule is O=[N+]([O-])c1ccc(C=Nn2c(-c3ccc(Cl)cc3)csc2=Nc2ccc(Cl)c(Cl)c2)o1. The lowest BCUT2D eigenvalue weighted by Crippen LogP contribution is -2.11. The lowest BCUT2D eigenvalue weighted by atomic mass is 10.2. The molecule has 2 aromatic carbocycles.